The molecular weight excluding hydrogens is 302 g/mol. The fourth-order valence-electron chi connectivity index (χ4n) is 2.68. The summed E-state index contributed by atoms with van der Waals surface area (Å²) < 4.78 is 10.6. The molecule has 0 spiro atoms. The van der Waals surface area contributed by atoms with Gasteiger partial charge in [0.25, 0.3) is 0 Å². The lowest BCUT2D eigenvalue weighted by atomic mass is 10.2. The maximum Gasteiger partial charge on any atom is 0.357 e. The van der Waals surface area contributed by atoms with Gasteiger partial charge >= 0.3 is 5.97 Å². The van der Waals surface area contributed by atoms with E-state index in [0.717, 1.165) is 36.0 Å². The minimum absolute atomic E-state index is 0.223. The molecule has 7 heteroatoms. The molecule has 1 saturated heterocycles. The van der Waals surface area contributed by atoms with Gasteiger partial charge in [0.15, 0.2) is 5.69 Å². The van der Waals surface area contributed by atoms with Crippen LogP contribution in [0.25, 0.3) is 0 Å². The Bertz CT molecular complexity index is 652. The lowest BCUT2D eigenvalue weighted by Gasteiger charge is -2.20. The van der Waals surface area contributed by atoms with Crippen LogP contribution in [-0.2, 0) is 11.3 Å². The zero-order valence-electron chi connectivity index (χ0n) is 12.7. The van der Waals surface area contributed by atoms with E-state index in [-0.39, 0.29) is 12.0 Å². The Hall–Kier alpha value is -1.73. The van der Waals surface area contributed by atoms with Gasteiger partial charge in [-0.3, -0.25) is 4.90 Å². The van der Waals surface area contributed by atoms with Crippen molar-refractivity contribution in [2.45, 2.75) is 39.3 Å². The van der Waals surface area contributed by atoms with Gasteiger partial charge in [-0.25, -0.2) is 14.8 Å². The Balaban J connectivity index is 1.71. The molecule has 3 heterocycles. The molecule has 0 aliphatic carbocycles. The number of aromatic nitrogens is 2. The number of likely N-dealkylation sites (tertiary alicyclic amines) is 1. The van der Waals surface area contributed by atoms with Crippen LogP contribution in [0.1, 0.15) is 53.0 Å². The van der Waals surface area contributed by atoms with E-state index in [1.165, 1.54) is 11.3 Å². The maximum atomic E-state index is 11.7. The highest BCUT2D eigenvalue weighted by molar-refractivity contribution is 7.09. The molecule has 0 unspecified atom stereocenters. The van der Waals surface area contributed by atoms with E-state index in [9.17, 15) is 4.79 Å². The second-order valence-corrected chi connectivity index (χ2v) is 6.17. The molecule has 0 amide bonds. The second kappa shape index (κ2) is 6.58. The number of aryl methyl sites for hydroxylation is 1. The van der Waals surface area contributed by atoms with E-state index < -0.39 is 0 Å². The molecule has 1 aliphatic rings. The number of thiazole rings is 1. The van der Waals surface area contributed by atoms with Crippen LogP contribution in [0.5, 0.6) is 0 Å². The van der Waals surface area contributed by atoms with Crippen molar-refractivity contribution in [3.8, 4) is 0 Å². The molecule has 0 N–H and O–H groups in total. The van der Waals surface area contributed by atoms with Gasteiger partial charge in [0, 0.05) is 5.38 Å². The minimum atomic E-state index is -0.349. The molecule has 1 aliphatic heterocycles. The lowest BCUT2D eigenvalue weighted by Crippen LogP contribution is -2.23. The molecular formula is C15H19N3O3S. The fourth-order valence-corrected chi connectivity index (χ4v) is 3.64. The SMILES string of the molecule is CCOC(=O)c1csc([C@H]2CCCN2Cc2ncc(C)o2)n1. The summed E-state index contributed by atoms with van der Waals surface area (Å²) in [6, 6.07) is 0.223. The molecule has 1 fully saturated rings. The van der Waals surface area contributed by atoms with E-state index >= 15 is 0 Å². The summed E-state index contributed by atoms with van der Waals surface area (Å²) in [6.07, 6.45) is 3.89. The number of nitrogens with zero attached hydrogens (tertiary/aromatic N) is 3. The molecule has 0 bridgehead atoms. The summed E-state index contributed by atoms with van der Waals surface area (Å²) in [5.74, 6) is 1.20. The van der Waals surface area contributed by atoms with Gasteiger partial charge in [0.2, 0.25) is 5.89 Å². The number of hydrogen-bond acceptors (Lipinski definition) is 7. The predicted molar refractivity (Wildman–Crippen MR) is 81.7 cm³/mol. The van der Waals surface area contributed by atoms with E-state index in [2.05, 4.69) is 14.9 Å². The van der Waals surface area contributed by atoms with E-state index in [1.54, 1.807) is 18.5 Å². The highest BCUT2D eigenvalue weighted by Crippen LogP contribution is 2.34. The molecule has 0 saturated carbocycles. The summed E-state index contributed by atoms with van der Waals surface area (Å²) in [4.78, 5) is 22.8. The quantitative estimate of drug-likeness (QED) is 0.789. The summed E-state index contributed by atoms with van der Waals surface area (Å²) in [5.41, 5.74) is 0.403. The van der Waals surface area contributed by atoms with Crippen molar-refractivity contribution in [1.82, 2.24) is 14.9 Å². The summed E-state index contributed by atoms with van der Waals surface area (Å²) >= 11 is 1.52. The third-order valence-electron chi connectivity index (χ3n) is 3.66. The Kier molecular flexibility index (Phi) is 4.54. The highest BCUT2D eigenvalue weighted by atomic mass is 32.1. The van der Waals surface area contributed by atoms with Crippen LogP contribution in [0.2, 0.25) is 0 Å². The first-order valence-corrected chi connectivity index (χ1v) is 8.33. The molecule has 22 heavy (non-hydrogen) atoms. The van der Waals surface area contributed by atoms with Crippen LogP contribution >= 0.6 is 11.3 Å². The van der Waals surface area contributed by atoms with Gasteiger partial charge in [-0.05, 0) is 33.2 Å². The fraction of sp³-hybridized carbons (Fsp3) is 0.533. The zero-order valence-corrected chi connectivity index (χ0v) is 13.6. The number of carbonyl (C=O) groups excluding carboxylic acids is 1. The monoisotopic (exact) mass is 321 g/mol. The molecule has 3 rings (SSSR count). The molecule has 1 atom stereocenters. The van der Waals surface area contributed by atoms with Gasteiger partial charge in [0.05, 0.1) is 25.4 Å². The molecule has 2 aromatic heterocycles. The Morgan fingerprint density at radius 1 is 1.59 bits per heavy atom. The number of carbonyl (C=O) groups is 1. The standard InChI is InChI=1S/C15H19N3O3S/c1-3-20-15(19)11-9-22-14(17-11)12-5-4-6-18(12)8-13-16-7-10(2)21-13/h7,9,12H,3-6,8H2,1-2H3/t12-/m1/s1. The van der Waals surface area contributed by atoms with Crippen molar-refractivity contribution in [2.75, 3.05) is 13.2 Å². The molecule has 2 aromatic rings. The van der Waals surface area contributed by atoms with Gasteiger partial charge in [0.1, 0.15) is 10.8 Å². The maximum absolute atomic E-state index is 11.7. The average molecular weight is 321 g/mol. The topological polar surface area (TPSA) is 68.5 Å². The molecule has 0 aromatic carbocycles. The van der Waals surface area contributed by atoms with Gasteiger partial charge < -0.3 is 9.15 Å². The lowest BCUT2D eigenvalue weighted by molar-refractivity contribution is 0.0520. The Morgan fingerprint density at radius 3 is 3.18 bits per heavy atom. The summed E-state index contributed by atoms with van der Waals surface area (Å²) in [6.45, 7) is 5.71. The van der Waals surface area contributed by atoms with Crippen molar-refractivity contribution < 1.29 is 13.9 Å². The van der Waals surface area contributed by atoms with Gasteiger partial charge in [-0.1, -0.05) is 0 Å². The van der Waals surface area contributed by atoms with Crippen molar-refractivity contribution in [2.24, 2.45) is 0 Å². The number of rotatable bonds is 5. The third-order valence-corrected chi connectivity index (χ3v) is 4.61. The molecule has 0 radical (unpaired) electrons. The normalized spacial score (nSPS) is 18.7. The third kappa shape index (κ3) is 3.20. The van der Waals surface area contributed by atoms with Crippen LogP contribution in [0.15, 0.2) is 16.0 Å². The number of oxazole rings is 1. The number of hydrogen-bond donors (Lipinski definition) is 0. The minimum Gasteiger partial charge on any atom is -0.461 e. The predicted octanol–water partition coefficient (Wildman–Crippen LogP) is 2.95. The van der Waals surface area contributed by atoms with Crippen molar-refractivity contribution in [3.05, 3.63) is 33.9 Å². The van der Waals surface area contributed by atoms with Crippen LogP contribution in [0, 0.1) is 6.92 Å². The van der Waals surface area contributed by atoms with E-state index in [4.69, 9.17) is 9.15 Å². The molecule has 6 nitrogen and oxygen atoms in total. The van der Waals surface area contributed by atoms with E-state index in [1.807, 2.05) is 6.92 Å². The van der Waals surface area contributed by atoms with Crippen LogP contribution in [-0.4, -0.2) is 34.0 Å². The van der Waals surface area contributed by atoms with Gasteiger partial charge in [-0.2, -0.15) is 0 Å². The zero-order chi connectivity index (χ0) is 15.5. The first kappa shape index (κ1) is 15.2. The van der Waals surface area contributed by atoms with Crippen molar-refractivity contribution >= 4 is 17.3 Å². The Labute approximate surface area is 133 Å². The van der Waals surface area contributed by atoms with Crippen LogP contribution in [0.3, 0.4) is 0 Å². The van der Waals surface area contributed by atoms with Crippen LogP contribution < -0.4 is 0 Å². The number of esters is 1. The summed E-state index contributed by atoms with van der Waals surface area (Å²) in [7, 11) is 0. The van der Waals surface area contributed by atoms with Gasteiger partial charge in [-0.15, -0.1) is 11.3 Å². The van der Waals surface area contributed by atoms with Crippen molar-refractivity contribution in [1.29, 1.82) is 0 Å². The largest absolute Gasteiger partial charge is 0.461 e. The second-order valence-electron chi connectivity index (χ2n) is 5.28. The average Bonchev–Trinajstić information content (AvgIpc) is 3.20. The Morgan fingerprint density at radius 2 is 2.45 bits per heavy atom. The molecule has 118 valence electrons. The smallest absolute Gasteiger partial charge is 0.357 e. The van der Waals surface area contributed by atoms with E-state index in [0.29, 0.717) is 18.8 Å². The van der Waals surface area contributed by atoms with Crippen LogP contribution in [0.4, 0.5) is 0 Å². The summed E-state index contributed by atoms with van der Waals surface area (Å²) in [5, 5.41) is 2.74. The first-order chi connectivity index (χ1) is 10.7. The first-order valence-electron chi connectivity index (χ1n) is 7.45. The van der Waals surface area contributed by atoms with Crippen molar-refractivity contribution in [3.63, 3.8) is 0 Å². The number of ether oxygens (including phenoxy) is 1. The highest BCUT2D eigenvalue weighted by Gasteiger charge is 2.30.